The lowest BCUT2D eigenvalue weighted by Gasteiger charge is -2.29. The van der Waals surface area contributed by atoms with Crippen molar-refractivity contribution >= 4 is 46.0 Å². The van der Waals surface area contributed by atoms with Crippen molar-refractivity contribution in [3.05, 3.63) is 116 Å². The molecule has 7 nitrogen and oxygen atoms in total. The molecule has 5 rings (SSSR count). The van der Waals surface area contributed by atoms with Crippen molar-refractivity contribution < 1.29 is 18.7 Å². The van der Waals surface area contributed by atoms with Crippen LogP contribution in [0.4, 0.5) is 0 Å². The monoisotopic (exact) mass is 592 g/mol. The molecular weight excluding hydrogens is 563 g/mol. The Morgan fingerprint density at radius 3 is 2.41 bits per heavy atom. The Labute approximate surface area is 248 Å². The number of carbonyl (C=O) groups excluding carboxylic acids is 2. The van der Waals surface area contributed by atoms with Gasteiger partial charge in [0.05, 0.1) is 29.9 Å². The average Bonchev–Trinajstić information content (AvgIpc) is 3.47. The summed E-state index contributed by atoms with van der Waals surface area (Å²) in [5, 5.41) is 1.11. The van der Waals surface area contributed by atoms with Crippen LogP contribution < -0.4 is 5.43 Å². The molecule has 1 fully saturated rings. The summed E-state index contributed by atoms with van der Waals surface area (Å²) in [7, 11) is 0. The number of aryl methyl sites for hydroxylation is 1. The Morgan fingerprint density at radius 2 is 1.71 bits per heavy atom. The number of fused-ring (bicyclic) bond motifs is 1. The first kappa shape index (κ1) is 28.9. The summed E-state index contributed by atoms with van der Waals surface area (Å²) in [6.07, 6.45) is 2.91. The van der Waals surface area contributed by atoms with Crippen molar-refractivity contribution in [2.24, 2.45) is 0 Å². The molecule has 1 saturated heterocycles. The third kappa shape index (κ3) is 7.17. The third-order valence-electron chi connectivity index (χ3n) is 7.10. The van der Waals surface area contributed by atoms with E-state index < -0.39 is 0 Å². The zero-order valence-corrected chi connectivity index (χ0v) is 24.2. The van der Waals surface area contributed by atoms with Crippen LogP contribution in [0.25, 0.3) is 11.0 Å². The Kier molecular flexibility index (Phi) is 9.08. The summed E-state index contributed by atoms with van der Waals surface area (Å²) in [5.41, 5.74) is 2.75. The van der Waals surface area contributed by atoms with Gasteiger partial charge in [0.15, 0.2) is 5.43 Å². The first-order chi connectivity index (χ1) is 19.8. The molecule has 0 radical (unpaired) electrons. The molecule has 1 atom stereocenters. The second-order valence-corrected chi connectivity index (χ2v) is 11.2. The summed E-state index contributed by atoms with van der Waals surface area (Å²) < 4.78 is 11.5. The summed E-state index contributed by atoms with van der Waals surface area (Å²) in [4.78, 5) is 44.0. The minimum atomic E-state index is -0.376. The fourth-order valence-electron chi connectivity index (χ4n) is 5.01. The molecule has 41 heavy (non-hydrogen) atoms. The van der Waals surface area contributed by atoms with Gasteiger partial charge in [-0.15, -0.1) is 0 Å². The summed E-state index contributed by atoms with van der Waals surface area (Å²) >= 11 is 12.4. The van der Waals surface area contributed by atoms with Crippen molar-refractivity contribution in [3.8, 4) is 0 Å². The zero-order chi connectivity index (χ0) is 28.9. The van der Waals surface area contributed by atoms with Gasteiger partial charge in [0.1, 0.15) is 12.1 Å². The number of nitrogens with zero attached hydrogens (tertiary/aromatic N) is 2. The van der Waals surface area contributed by atoms with Crippen LogP contribution in [0.3, 0.4) is 0 Å². The highest BCUT2D eigenvalue weighted by Gasteiger charge is 2.28. The van der Waals surface area contributed by atoms with Gasteiger partial charge >= 0.3 is 0 Å². The van der Waals surface area contributed by atoms with E-state index in [1.165, 1.54) is 23.3 Å². The Balaban J connectivity index is 1.45. The standard InChI is InChI=1S/C32H30Cl2N2O5/c1-21-9-10-29-28(12-21)31(38)24(20-41-29)17-35(16-22-6-3-2-4-7-22)30(37)19-36(18-27-8-5-11-40-27)32(39)23-13-25(33)15-26(34)14-23/h2-4,6-7,9-10,12-15,20,27H,5,8,11,16-19H2,1H3. The molecule has 1 aliphatic heterocycles. The van der Waals surface area contributed by atoms with Gasteiger partial charge < -0.3 is 19.0 Å². The molecule has 2 heterocycles. The maximum absolute atomic E-state index is 13.9. The summed E-state index contributed by atoms with van der Waals surface area (Å²) in [6.45, 7) is 2.81. The minimum Gasteiger partial charge on any atom is -0.464 e. The van der Waals surface area contributed by atoms with Crippen LogP contribution in [0.2, 0.25) is 10.0 Å². The molecule has 4 aromatic rings. The maximum atomic E-state index is 13.9. The molecule has 9 heteroatoms. The fraction of sp³-hybridized carbons (Fsp3) is 0.281. The van der Waals surface area contributed by atoms with Gasteiger partial charge in [-0.3, -0.25) is 14.4 Å². The van der Waals surface area contributed by atoms with E-state index in [1.54, 1.807) is 23.1 Å². The van der Waals surface area contributed by atoms with E-state index in [2.05, 4.69) is 0 Å². The van der Waals surface area contributed by atoms with Gasteiger partial charge in [-0.2, -0.15) is 0 Å². The van der Waals surface area contributed by atoms with E-state index in [0.29, 0.717) is 33.2 Å². The van der Waals surface area contributed by atoms with Crippen LogP contribution in [-0.2, 0) is 22.6 Å². The number of halogens is 2. The Morgan fingerprint density at radius 1 is 0.951 bits per heavy atom. The smallest absolute Gasteiger partial charge is 0.254 e. The van der Waals surface area contributed by atoms with Crippen molar-refractivity contribution in [1.82, 2.24) is 9.80 Å². The molecule has 0 bridgehead atoms. The summed E-state index contributed by atoms with van der Waals surface area (Å²) in [6, 6.07) is 19.5. The van der Waals surface area contributed by atoms with E-state index in [1.807, 2.05) is 43.3 Å². The van der Waals surface area contributed by atoms with Crippen molar-refractivity contribution in [1.29, 1.82) is 0 Å². The molecule has 1 aliphatic rings. The van der Waals surface area contributed by atoms with Crippen molar-refractivity contribution in [2.75, 3.05) is 19.7 Å². The van der Waals surface area contributed by atoms with E-state index >= 15 is 0 Å². The molecule has 212 valence electrons. The SMILES string of the molecule is Cc1ccc2occ(CN(Cc3ccccc3)C(=O)CN(CC3CCCO3)C(=O)c3cc(Cl)cc(Cl)c3)c(=O)c2c1. The lowest BCUT2D eigenvalue weighted by atomic mass is 10.1. The van der Waals surface area contributed by atoms with Crippen LogP contribution >= 0.6 is 23.2 Å². The largest absolute Gasteiger partial charge is 0.464 e. The number of ether oxygens (including phenoxy) is 1. The predicted octanol–water partition coefficient (Wildman–Crippen LogP) is 6.26. The molecule has 1 aromatic heterocycles. The zero-order valence-electron chi connectivity index (χ0n) is 22.6. The number of hydrogen-bond donors (Lipinski definition) is 0. The van der Waals surface area contributed by atoms with Crippen LogP contribution in [0.15, 0.2) is 82.2 Å². The quantitative estimate of drug-likeness (QED) is 0.229. The van der Waals surface area contributed by atoms with E-state index in [4.69, 9.17) is 32.4 Å². The van der Waals surface area contributed by atoms with E-state index in [0.717, 1.165) is 24.0 Å². The molecule has 0 spiro atoms. The van der Waals surface area contributed by atoms with Crippen LogP contribution in [0, 0.1) is 6.92 Å². The van der Waals surface area contributed by atoms with Gasteiger partial charge in [-0.25, -0.2) is 0 Å². The number of amides is 2. The van der Waals surface area contributed by atoms with Gasteiger partial charge in [0, 0.05) is 35.3 Å². The Hall–Kier alpha value is -3.65. The third-order valence-corrected chi connectivity index (χ3v) is 7.54. The van der Waals surface area contributed by atoms with Gasteiger partial charge in [-0.1, -0.05) is 65.2 Å². The highest BCUT2D eigenvalue weighted by molar-refractivity contribution is 6.35. The predicted molar refractivity (Wildman–Crippen MR) is 159 cm³/mol. The van der Waals surface area contributed by atoms with Crippen LogP contribution in [0.5, 0.6) is 0 Å². The molecular formula is C32H30Cl2N2O5. The van der Waals surface area contributed by atoms with Crippen LogP contribution in [-0.4, -0.2) is 47.4 Å². The number of carbonyl (C=O) groups is 2. The highest BCUT2D eigenvalue weighted by Crippen LogP contribution is 2.22. The van der Waals surface area contributed by atoms with Crippen molar-refractivity contribution in [2.45, 2.75) is 39.0 Å². The van der Waals surface area contributed by atoms with Crippen LogP contribution in [0.1, 0.15) is 39.9 Å². The fourth-order valence-corrected chi connectivity index (χ4v) is 5.54. The lowest BCUT2D eigenvalue weighted by molar-refractivity contribution is -0.133. The normalized spacial score (nSPS) is 14.8. The first-order valence-electron chi connectivity index (χ1n) is 13.5. The molecule has 2 amide bonds. The van der Waals surface area contributed by atoms with Gasteiger partial charge in [0.2, 0.25) is 5.91 Å². The number of rotatable bonds is 9. The average molecular weight is 594 g/mol. The number of hydrogen-bond acceptors (Lipinski definition) is 5. The summed E-state index contributed by atoms with van der Waals surface area (Å²) in [5.74, 6) is -0.698. The second kappa shape index (κ2) is 12.9. The van der Waals surface area contributed by atoms with E-state index in [9.17, 15) is 14.4 Å². The molecule has 0 aliphatic carbocycles. The molecule has 1 unspecified atom stereocenters. The highest BCUT2D eigenvalue weighted by atomic mass is 35.5. The first-order valence-corrected chi connectivity index (χ1v) is 14.2. The van der Waals surface area contributed by atoms with Gasteiger partial charge in [-0.05, 0) is 55.7 Å². The van der Waals surface area contributed by atoms with E-state index in [-0.39, 0.29) is 55.1 Å². The Bertz CT molecular complexity index is 1600. The second-order valence-electron chi connectivity index (χ2n) is 10.3. The minimum absolute atomic E-state index is 0.0187. The van der Waals surface area contributed by atoms with Crippen molar-refractivity contribution in [3.63, 3.8) is 0 Å². The molecule has 0 saturated carbocycles. The lowest BCUT2D eigenvalue weighted by Crippen LogP contribution is -2.45. The topological polar surface area (TPSA) is 80.1 Å². The number of benzene rings is 3. The van der Waals surface area contributed by atoms with Gasteiger partial charge in [0.25, 0.3) is 5.91 Å². The molecule has 0 N–H and O–H groups in total. The molecule has 3 aromatic carbocycles. The maximum Gasteiger partial charge on any atom is 0.254 e.